The SMILES string of the molecule is Cc1c(Cl)ncnc1Sc1ccc(F)cc1. The number of hydrogen-bond donors (Lipinski definition) is 0. The fraction of sp³-hybridized carbons (Fsp3) is 0.0909. The topological polar surface area (TPSA) is 25.8 Å². The van der Waals surface area contributed by atoms with E-state index < -0.39 is 0 Å². The molecule has 16 heavy (non-hydrogen) atoms. The van der Waals surface area contributed by atoms with Crippen molar-refractivity contribution in [1.82, 2.24) is 9.97 Å². The second-order valence-electron chi connectivity index (χ2n) is 3.15. The van der Waals surface area contributed by atoms with Gasteiger partial charge in [-0.3, -0.25) is 0 Å². The van der Waals surface area contributed by atoms with E-state index >= 15 is 0 Å². The maximum Gasteiger partial charge on any atom is 0.136 e. The van der Waals surface area contributed by atoms with Crippen molar-refractivity contribution in [3.63, 3.8) is 0 Å². The summed E-state index contributed by atoms with van der Waals surface area (Å²) in [6, 6.07) is 6.24. The molecule has 1 heterocycles. The molecular weight excluding hydrogens is 247 g/mol. The molecule has 1 aromatic carbocycles. The summed E-state index contributed by atoms with van der Waals surface area (Å²) in [5.41, 5.74) is 0.832. The lowest BCUT2D eigenvalue weighted by molar-refractivity contribution is 0.626. The Morgan fingerprint density at radius 1 is 1.19 bits per heavy atom. The average Bonchev–Trinajstić information content (AvgIpc) is 2.28. The Morgan fingerprint density at radius 3 is 2.56 bits per heavy atom. The van der Waals surface area contributed by atoms with E-state index in [1.165, 1.54) is 30.2 Å². The highest BCUT2D eigenvalue weighted by Crippen LogP contribution is 2.30. The van der Waals surface area contributed by atoms with Gasteiger partial charge in [-0.1, -0.05) is 23.4 Å². The van der Waals surface area contributed by atoms with Crippen molar-refractivity contribution in [2.24, 2.45) is 0 Å². The molecule has 0 aliphatic carbocycles. The third kappa shape index (κ3) is 2.51. The molecule has 0 atom stereocenters. The summed E-state index contributed by atoms with van der Waals surface area (Å²) in [5, 5.41) is 1.23. The second kappa shape index (κ2) is 4.80. The molecule has 2 rings (SSSR count). The largest absolute Gasteiger partial charge is 0.229 e. The van der Waals surface area contributed by atoms with Crippen LogP contribution in [-0.4, -0.2) is 9.97 Å². The number of halogens is 2. The maximum absolute atomic E-state index is 12.7. The molecular formula is C11H8ClFN2S. The van der Waals surface area contributed by atoms with E-state index in [1.54, 1.807) is 12.1 Å². The first-order valence-corrected chi connectivity index (χ1v) is 5.77. The van der Waals surface area contributed by atoms with Crippen LogP contribution in [0.4, 0.5) is 4.39 Å². The molecule has 1 aromatic heterocycles. The number of nitrogens with zero attached hydrogens (tertiary/aromatic N) is 2. The van der Waals surface area contributed by atoms with E-state index in [1.807, 2.05) is 6.92 Å². The first-order chi connectivity index (χ1) is 7.66. The van der Waals surface area contributed by atoms with Gasteiger partial charge in [0, 0.05) is 10.5 Å². The molecule has 5 heteroatoms. The van der Waals surface area contributed by atoms with Gasteiger partial charge in [-0.2, -0.15) is 0 Å². The lowest BCUT2D eigenvalue weighted by atomic mass is 10.3. The summed E-state index contributed by atoms with van der Waals surface area (Å²) in [6.45, 7) is 1.86. The fourth-order valence-corrected chi connectivity index (χ4v) is 2.17. The van der Waals surface area contributed by atoms with Crippen molar-refractivity contribution in [2.75, 3.05) is 0 Å². The van der Waals surface area contributed by atoms with Gasteiger partial charge in [0.15, 0.2) is 0 Å². The summed E-state index contributed by atoms with van der Waals surface area (Å²) in [7, 11) is 0. The fourth-order valence-electron chi connectivity index (χ4n) is 1.13. The van der Waals surface area contributed by atoms with E-state index in [-0.39, 0.29) is 5.82 Å². The monoisotopic (exact) mass is 254 g/mol. The molecule has 0 amide bonds. The first-order valence-electron chi connectivity index (χ1n) is 4.57. The van der Waals surface area contributed by atoms with Crippen molar-refractivity contribution in [3.8, 4) is 0 Å². The van der Waals surface area contributed by atoms with Gasteiger partial charge in [0.25, 0.3) is 0 Å². The number of aromatic nitrogens is 2. The highest BCUT2D eigenvalue weighted by atomic mass is 35.5. The second-order valence-corrected chi connectivity index (χ2v) is 4.57. The summed E-state index contributed by atoms with van der Waals surface area (Å²) in [5.74, 6) is -0.248. The number of rotatable bonds is 2. The normalized spacial score (nSPS) is 10.4. The van der Waals surface area contributed by atoms with Crippen molar-refractivity contribution in [2.45, 2.75) is 16.8 Å². The van der Waals surface area contributed by atoms with E-state index in [4.69, 9.17) is 11.6 Å². The van der Waals surface area contributed by atoms with Crippen LogP contribution >= 0.6 is 23.4 Å². The number of benzene rings is 1. The lowest BCUT2D eigenvalue weighted by Crippen LogP contribution is -1.89. The van der Waals surface area contributed by atoms with Gasteiger partial charge in [-0.05, 0) is 31.2 Å². The third-order valence-electron chi connectivity index (χ3n) is 2.00. The molecule has 0 fully saturated rings. The predicted octanol–water partition coefficient (Wildman–Crippen LogP) is 3.73. The standard InChI is InChI=1S/C11H8ClFN2S/c1-7-10(12)14-6-15-11(7)16-9-4-2-8(13)3-5-9/h2-6H,1H3. The van der Waals surface area contributed by atoms with Gasteiger partial charge in [-0.15, -0.1) is 0 Å². The minimum atomic E-state index is -0.248. The molecule has 0 radical (unpaired) electrons. The quantitative estimate of drug-likeness (QED) is 0.764. The van der Waals surface area contributed by atoms with Crippen LogP contribution in [0.15, 0.2) is 40.5 Å². The van der Waals surface area contributed by atoms with Gasteiger partial charge >= 0.3 is 0 Å². The van der Waals surface area contributed by atoms with Crippen LogP contribution in [0.3, 0.4) is 0 Å². The summed E-state index contributed by atoms with van der Waals surface area (Å²) < 4.78 is 12.7. The molecule has 0 saturated carbocycles. The van der Waals surface area contributed by atoms with Crippen LogP contribution in [0.25, 0.3) is 0 Å². The zero-order valence-electron chi connectivity index (χ0n) is 8.45. The van der Waals surface area contributed by atoms with Gasteiger partial charge in [-0.25, -0.2) is 14.4 Å². The van der Waals surface area contributed by atoms with Crippen molar-refractivity contribution in [1.29, 1.82) is 0 Å². The van der Waals surface area contributed by atoms with Gasteiger partial charge in [0.05, 0.1) is 0 Å². The van der Waals surface area contributed by atoms with Gasteiger partial charge in [0.2, 0.25) is 0 Å². The van der Waals surface area contributed by atoms with E-state index in [2.05, 4.69) is 9.97 Å². The molecule has 0 N–H and O–H groups in total. The Morgan fingerprint density at radius 2 is 1.88 bits per heavy atom. The Labute approximate surface area is 102 Å². The molecule has 2 nitrogen and oxygen atoms in total. The van der Waals surface area contributed by atoms with Crippen LogP contribution < -0.4 is 0 Å². The molecule has 0 spiro atoms. The summed E-state index contributed by atoms with van der Waals surface area (Å²) in [6.07, 6.45) is 1.42. The Balaban J connectivity index is 2.27. The molecule has 2 aromatic rings. The van der Waals surface area contributed by atoms with Gasteiger partial charge < -0.3 is 0 Å². The summed E-state index contributed by atoms with van der Waals surface area (Å²) >= 11 is 7.32. The lowest BCUT2D eigenvalue weighted by Gasteiger charge is -2.04. The van der Waals surface area contributed by atoms with Gasteiger partial charge in [0.1, 0.15) is 22.3 Å². The molecule has 0 aliphatic heterocycles. The highest BCUT2D eigenvalue weighted by Gasteiger charge is 2.06. The van der Waals surface area contributed by atoms with E-state index in [9.17, 15) is 4.39 Å². The van der Waals surface area contributed by atoms with Crippen molar-refractivity contribution >= 4 is 23.4 Å². The van der Waals surface area contributed by atoms with E-state index in [0.717, 1.165) is 15.5 Å². The highest BCUT2D eigenvalue weighted by molar-refractivity contribution is 7.99. The van der Waals surface area contributed by atoms with Crippen LogP contribution in [0.1, 0.15) is 5.56 Å². The Hall–Kier alpha value is -1.13. The molecule has 0 aliphatic rings. The molecule has 0 bridgehead atoms. The zero-order chi connectivity index (χ0) is 11.5. The first kappa shape index (κ1) is 11.4. The number of hydrogen-bond acceptors (Lipinski definition) is 3. The molecule has 0 saturated heterocycles. The summed E-state index contributed by atoms with van der Waals surface area (Å²) in [4.78, 5) is 8.92. The van der Waals surface area contributed by atoms with Crippen molar-refractivity contribution in [3.05, 3.63) is 47.1 Å². The third-order valence-corrected chi connectivity index (χ3v) is 3.50. The maximum atomic E-state index is 12.7. The van der Waals surface area contributed by atoms with Crippen LogP contribution in [-0.2, 0) is 0 Å². The molecule has 0 unspecified atom stereocenters. The van der Waals surface area contributed by atoms with Crippen LogP contribution in [0, 0.1) is 12.7 Å². The molecule has 82 valence electrons. The smallest absolute Gasteiger partial charge is 0.136 e. The Bertz CT molecular complexity index is 502. The minimum Gasteiger partial charge on any atom is -0.229 e. The predicted molar refractivity (Wildman–Crippen MR) is 62.3 cm³/mol. The minimum absolute atomic E-state index is 0.248. The average molecular weight is 255 g/mol. The zero-order valence-corrected chi connectivity index (χ0v) is 10.0. The van der Waals surface area contributed by atoms with Crippen molar-refractivity contribution < 1.29 is 4.39 Å². The van der Waals surface area contributed by atoms with Crippen LogP contribution in [0.2, 0.25) is 5.15 Å². The van der Waals surface area contributed by atoms with Crippen LogP contribution in [0.5, 0.6) is 0 Å². The Kier molecular flexibility index (Phi) is 3.41. The van der Waals surface area contributed by atoms with E-state index in [0.29, 0.717) is 5.15 Å².